The summed E-state index contributed by atoms with van der Waals surface area (Å²) in [5.74, 6) is 0. The number of rotatable bonds is 9. The molecule has 0 fully saturated rings. The molecule has 0 aromatic carbocycles. The van der Waals surface area contributed by atoms with Crippen LogP contribution in [0.3, 0.4) is 0 Å². The van der Waals surface area contributed by atoms with Crippen molar-refractivity contribution in [1.29, 1.82) is 0 Å². The Bertz CT molecular complexity index is 249. The van der Waals surface area contributed by atoms with Crippen molar-refractivity contribution in [3.05, 3.63) is 12.2 Å². The number of nitrogens with one attached hydrogen (secondary N) is 1. The van der Waals surface area contributed by atoms with Gasteiger partial charge in [0.1, 0.15) is 5.67 Å². The Morgan fingerprint density at radius 1 is 1.39 bits per heavy atom. The van der Waals surface area contributed by atoms with Crippen LogP contribution in [-0.4, -0.2) is 25.3 Å². The molecule has 3 atom stereocenters. The van der Waals surface area contributed by atoms with Crippen LogP contribution in [-0.2, 0) is 0 Å². The van der Waals surface area contributed by atoms with E-state index in [1.165, 1.54) is 0 Å². The second-order valence-electron chi connectivity index (χ2n) is 6.10. The molecule has 0 aliphatic rings. The van der Waals surface area contributed by atoms with Gasteiger partial charge in [0.15, 0.2) is 0 Å². The van der Waals surface area contributed by atoms with Crippen molar-refractivity contribution in [1.82, 2.24) is 5.32 Å². The summed E-state index contributed by atoms with van der Waals surface area (Å²) >= 11 is 0. The minimum absolute atomic E-state index is 0.00245. The minimum atomic E-state index is -1.15. The van der Waals surface area contributed by atoms with E-state index >= 15 is 0 Å². The fraction of sp³-hybridized carbons (Fsp3) is 0.867. The van der Waals surface area contributed by atoms with E-state index in [0.717, 1.165) is 19.4 Å². The van der Waals surface area contributed by atoms with E-state index < -0.39 is 5.67 Å². The number of alkyl halides is 1. The molecule has 0 radical (unpaired) electrons. The van der Waals surface area contributed by atoms with Crippen molar-refractivity contribution in [3.63, 3.8) is 0 Å². The monoisotopic (exact) mass is 258 g/mol. The van der Waals surface area contributed by atoms with E-state index in [9.17, 15) is 4.39 Å². The summed E-state index contributed by atoms with van der Waals surface area (Å²) in [6, 6.07) is 0.00245. The van der Waals surface area contributed by atoms with Crippen LogP contribution in [0.4, 0.5) is 4.39 Å². The zero-order valence-electron chi connectivity index (χ0n) is 12.7. The lowest BCUT2D eigenvalue weighted by atomic mass is 9.74. The first-order valence-corrected chi connectivity index (χ1v) is 7.00. The van der Waals surface area contributed by atoms with E-state index in [4.69, 9.17) is 5.73 Å². The maximum atomic E-state index is 14.5. The summed E-state index contributed by atoms with van der Waals surface area (Å²) in [7, 11) is 1.94. The van der Waals surface area contributed by atoms with Gasteiger partial charge < -0.3 is 11.1 Å². The number of halogens is 1. The summed E-state index contributed by atoms with van der Waals surface area (Å²) < 4.78 is 14.5. The molecule has 108 valence electrons. The van der Waals surface area contributed by atoms with Gasteiger partial charge in [-0.25, -0.2) is 4.39 Å². The van der Waals surface area contributed by atoms with Crippen molar-refractivity contribution in [2.75, 3.05) is 13.6 Å². The molecular formula is C15H31FN2. The van der Waals surface area contributed by atoms with Crippen LogP contribution in [0.5, 0.6) is 0 Å². The van der Waals surface area contributed by atoms with Crippen LogP contribution in [0.2, 0.25) is 0 Å². The van der Waals surface area contributed by atoms with Gasteiger partial charge in [0.05, 0.1) is 0 Å². The lowest BCUT2D eigenvalue weighted by Gasteiger charge is -2.34. The average Bonchev–Trinajstić information content (AvgIpc) is 2.25. The Morgan fingerprint density at radius 2 is 2.00 bits per heavy atom. The molecule has 0 saturated heterocycles. The third-order valence-electron chi connectivity index (χ3n) is 3.61. The highest BCUT2D eigenvalue weighted by Gasteiger charge is 2.33. The van der Waals surface area contributed by atoms with Gasteiger partial charge in [-0.15, -0.1) is 0 Å². The van der Waals surface area contributed by atoms with Crippen molar-refractivity contribution >= 4 is 0 Å². The third kappa shape index (κ3) is 7.83. The van der Waals surface area contributed by atoms with Crippen LogP contribution in [0, 0.1) is 5.41 Å². The van der Waals surface area contributed by atoms with Crippen molar-refractivity contribution in [2.24, 2.45) is 11.1 Å². The zero-order chi connectivity index (χ0) is 14.2. The van der Waals surface area contributed by atoms with Crippen LogP contribution < -0.4 is 11.1 Å². The highest BCUT2D eigenvalue weighted by atomic mass is 19.1. The standard InChI is InChI=1S/C15H31FN2/c1-6-14(3,10-11-18-5)12-15(4,16)9-7-8-13(2)17/h7-8,13,18H,6,9-12,17H2,1-5H3/b8-7-/t13-,14-,15+/m1/s1. The molecule has 0 bridgehead atoms. The van der Waals surface area contributed by atoms with E-state index in [2.05, 4.69) is 19.2 Å². The molecule has 0 aliphatic heterocycles. The molecule has 0 heterocycles. The van der Waals surface area contributed by atoms with E-state index in [1.807, 2.05) is 26.1 Å². The summed E-state index contributed by atoms with van der Waals surface area (Å²) in [4.78, 5) is 0. The largest absolute Gasteiger partial charge is 0.325 e. The summed E-state index contributed by atoms with van der Waals surface area (Å²) in [5, 5.41) is 3.15. The number of nitrogens with two attached hydrogens (primary N) is 1. The van der Waals surface area contributed by atoms with Crippen LogP contribution in [0.15, 0.2) is 12.2 Å². The van der Waals surface area contributed by atoms with Crippen LogP contribution >= 0.6 is 0 Å². The Morgan fingerprint density at radius 3 is 2.44 bits per heavy atom. The molecule has 0 saturated carbocycles. The molecular weight excluding hydrogens is 227 g/mol. The molecule has 0 aromatic rings. The Hall–Kier alpha value is -0.410. The summed E-state index contributed by atoms with van der Waals surface area (Å²) in [5.41, 5.74) is 4.54. The van der Waals surface area contributed by atoms with Crippen molar-refractivity contribution in [2.45, 2.75) is 65.1 Å². The lowest BCUT2D eigenvalue weighted by molar-refractivity contribution is 0.0938. The zero-order valence-corrected chi connectivity index (χ0v) is 12.7. The third-order valence-corrected chi connectivity index (χ3v) is 3.61. The van der Waals surface area contributed by atoms with Crippen molar-refractivity contribution < 1.29 is 4.39 Å². The van der Waals surface area contributed by atoms with Gasteiger partial charge in [-0.3, -0.25) is 0 Å². The van der Waals surface area contributed by atoms with Gasteiger partial charge in [-0.1, -0.05) is 32.4 Å². The van der Waals surface area contributed by atoms with E-state index in [1.54, 1.807) is 6.92 Å². The number of hydrogen-bond acceptors (Lipinski definition) is 2. The number of hydrogen-bond donors (Lipinski definition) is 2. The minimum Gasteiger partial charge on any atom is -0.325 e. The molecule has 3 N–H and O–H groups in total. The van der Waals surface area contributed by atoms with Crippen LogP contribution in [0.25, 0.3) is 0 Å². The maximum Gasteiger partial charge on any atom is 0.112 e. The van der Waals surface area contributed by atoms with Crippen LogP contribution in [0.1, 0.15) is 53.4 Å². The Labute approximate surface area is 112 Å². The smallest absolute Gasteiger partial charge is 0.112 e. The highest BCUT2D eigenvalue weighted by molar-refractivity contribution is 4.96. The predicted octanol–water partition coefficient (Wildman–Crippen LogP) is 3.42. The Balaban J connectivity index is 4.41. The number of allylic oxidation sites excluding steroid dienone is 1. The second-order valence-corrected chi connectivity index (χ2v) is 6.10. The molecule has 0 spiro atoms. The quantitative estimate of drug-likeness (QED) is 0.622. The van der Waals surface area contributed by atoms with E-state index in [-0.39, 0.29) is 11.5 Å². The topological polar surface area (TPSA) is 38.0 Å². The maximum absolute atomic E-state index is 14.5. The van der Waals surface area contributed by atoms with Gasteiger partial charge in [-0.05, 0) is 52.1 Å². The lowest BCUT2D eigenvalue weighted by Crippen LogP contribution is -2.31. The van der Waals surface area contributed by atoms with Crippen molar-refractivity contribution in [3.8, 4) is 0 Å². The highest BCUT2D eigenvalue weighted by Crippen LogP contribution is 2.38. The summed E-state index contributed by atoms with van der Waals surface area (Å²) in [6.07, 6.45) is 6.81. The first-order chi connectivity index (χ1) is 8.24. The first-order valence-electron chi connectivity index (χ1n) is 7.00. The first kappa shape index (κ1) is 17.6. The predicted molar refractivity (Wildman–Crippen MR) is 78.5 cm³/mol. The summed E-state index contributed by atoms with van der Waals surface area (Å²) in [6.45, 7) is 8.86. The molecule has 0 unspecified atom stereocenters. The average molecular weight is 258 g/mol. The fourth-order valence-electron chi connectivity index (χ4n) is 2.31. The normalized spacial score (nSPS) is 20.6. The molecule has 3 heteroatoms. The van der Waals surface area contributed by atoms with Gasteiger partial charge in [-0.2, -0.15) is 0 Å². The molecule has 0 rings (SSSR count). The molecule has 0 aromatic heterocycles. The van der Waals surface area contributed by atoms with E-state index in [0.29, 0.717) is 12.8 Å². The molecule has 0 amide bonds. The second kappa shape index (κ2) is 7.90. The molecule has 2 nitrogen and oxygen atoms in total. The Kier molecular flexibility index (Phi) is 7.72. The van der Waals surface area contributed by atoms with Gasteiger partial charge >= 0.3 is 0 Å². The molecule has 18 heavy (non-hydrogen) atoms. The van der Waals surface area contributed by atoms with Gasteiger partial charge in [0, 0.05) is 6.04 Å². The fourth-order valence-corrected chi connectivity index (χ4v) is 2.31. The van der Waals surface area contributed by atoms with Gasteiger partial charge in [0.25, 0.3) is 0 Å². The van der Waals surface area contributed by atoms with Gasteiger partial charge in [0.2, 0.25) is 0 Å². The SMILES string of the molecule is CC[C@](C)(CCNC)C[C@@](C)(F)C/C=C\[C@@H](C)N. The molecule has 0 aliphatic carbocycles.